The van der Waals surface area contributed by atoms with Gasteiger partial charge >= 0.3 is 0 Å². The van der Waals surface area contributed by atoms with Crippen molar-refractivity contribution in [2.75, 3.05) is 6.54 Å². The van der Waals surface area contributed by atoms with E-state index in [0.29, 0.717) is 18.7 Å². The summed E-state index contributed by atoms with van der Waals surface area (Å²) in [6.45, 7) is 2.50. The summed E-state index contributed by atoms with van der Waals surface area (Å²) in [5.74, 6) is -0.153. The number of nitrogens with zero attached hydrogens (tertiary/aromatic N) is 1. The van der Waals surface area contributed by atoms with Crippen LogP contribution in [0.15, 0.2) is 34.1 Å². The first-order valence-corrected chi connectivity index (χ1v) is 7.98. The van der Waals surface area contributed by atoms with E-state index in [2.05, 4.69) is 26.2 Å². The van der Waals surface area contributed by atoms with Gasteiger partial charge in [0.1, 0.15) is 5.69 Å². The van der Waals surface area contributed by atoms with Crippen LogP contribution < -0.4 is 11.1 Å². The fourth-order valence-electron chi connectivity index (χ4n) is 1.76. The number of carbonyl (C=O) groups excluding carboxylic acids is 1. The Morgan fingerprint density at radius 1 is 1.45 bits per heavy atom. The van der Waals surface area contributed by atoms with Crippen molar-refractivity contribution < 1.29 is 4.79 Å². The minimum Gasteiger partial charge on any atom is -0.344 e. The largest absolute Gasteiger partial charge is 0.344 e. The number of aromatic nitrogens is 1. The number of amides is 1. The molecule has 0 unspecified atom stereocenters. The topological polar surface area (TPSA) is 68.0 Å². The standard InChI is InChI=1S/C14H16BrN3OS/c1-9(10-2-4-11(15)5-3-10)17-14(19)12-8-20-13(18-12)6-7-16/h2-5,8-9H,6-7,16H2,1H3,(H,17,19)/t9-/m1/s1. The number of rotatable bonds is 5. The first kappa shape index (κ1) is 15.2. The van der Waals surface area contributed by atoms with E-state index in [0.717, 1.165) is 15.0 Å². The molecule has 1 atom stereocenters. The summed E-state index contributed by atoms with van der Waals surface area (Å²) in [5.41, 5.74) is 6.99. The molecule has 1 amide bonds. The van der Waals surface area contributed by atoms with Gasteiger partial charge in [0.25, 0.3) is 5.91 Å². The second-order valence-corrected chi connectivity index (χ2v) is 6.27. The van der Waals surface area contributed by atoms with Crippen LogP contribution in [0.4, 0.5) is 0 Å². The van der Waals surface area contributed by atoms with Crippen molar-refractivity contribution in [2.24, 2.45) is 5.73 Å². The van der Waals surface area contributed by atoms with Crippen LogP contribution in [-0.2, 0) is 6.42 Å². The molecule has 3 N–H and O–H groups in total. The van der Waals surface area contributed by atoms with Gasteiger partial charge < -0.3 is 11.1 Å². The normalized spacial score (nSPS) is 12.2. The van der Waals surface area contributed by atoms with Crippen LogP contribution >= 0.6 is 27.3 Å². The molecule has 0 radical (unpaired) electrons. The van der Waals surface area contributed by atoms with Crippen molar-refractivity contribution in [3.8, 4) is 0 Å². The van der Waals surface area contributed by atoms with Crippen molar-refractivity contribution >= 4 is 33.2 Å². The Balaban J connectivity index is 2.01. The summed E-state index contributed by atoms with van der Waals surface area (Å²) in [4.78, 5) is 16.4. The number of nitrogens with two attached hydrogens (primary N) is 1. The molecule has 0 aliphatic carbocycles. The Morgan fingerprint density at radius 2 is 2.15 bits per heavy atom. The summed E-state index contributed by atoms with van der Waals surface area (Å²) >= 11 is 4.86. The lowest BCUT2D eigenvalue weighted by Gasteiger charge is -2.13. The maximum absolute atomic E-state index is 12.1. The predicted molar refractivity (Wildman–Crippen MR) is 84.9 cm³/mol. The number of carbonyl (C=O) groups is 1. The minimum absolute atomic E-state index is 0.0599. The van der Waals surface area contributed by atoms with Gasteiger partial charge in [0.15, 0.2) is 0 Å². The number of hydrogen-bond acceptors (Lipinski definition) is 4. The Labute approximate surface area is 130 Å². The summed E-state index contributed by atoms with van der Waals surface area (Å²) in [5, 5.41) is 5.62. The molecule has 1 heterocycles. The molecule has 6 heteroatoms. The van der Waals surface area contributed by atoms with Gasteiger partial charge in [-0.05, 0) is 31.2 Å². The minimum atomic E-state index is -0.153. The van der Waals surface area contributed by atoms with Crippen molar-refractivity contribution in [3.63, 3.8) is 0 Å². The number of benzene rings is 1. The third-order valence-electron chi connectivity index (χ3n) is 2.86. The average Bonchev–Trinajstić information content (AvgIpc) is 2.88. The molecule has 0 saturated heterocycles. The van der Waals surface area contributed by atoms with E-state index >= 15 is 0 Å². The lowest BCUT2D eigenvalue weighted by atomic mass is 10.1. The summed E-state index contributed by atoms with van der Waals surface area (Å²) < 4.78 is 1.02. The van der Waals surface area contributed by atoms with E-state index in [9.17, 15) is 4.79 Å². The summed E-state index contributed by atoms with van der Waals surface area (Å²) in [6.07, 6.45) is 0.709. The first-order valence-electron chi connectivity index (χ1n) is 6.31. The third-order valence-corrected chi connectivity index (χ3v) is 4.30. The lowest BCUT2D eigenvalue weighted by Crippen LogP contribution is -2.26. The first-order chi connectivity index (χ1) is 9.60. The van der Waals surface area contributed by atoms with E-state index in [4.69, 9.17) is 5.73 Å². The van der Waals surface area contributed by atoms with Crippen LogP contribution in [0.5, 0.6) is 0 Å². The molecule has 0 saturated carbocycles. The maximum atomic E-state index is 12.1. The van der Waals surface area contributed by atoms with E-state index in [1.54, 1.807) is 5.38 Å². The smallest absolute Gasteiger partial charge is 0.271 e. The van der Waals surface area contributed by atoms with Crippen molar-refractivity contribution in [2.45, 2.75) is 19.4 Å². The number of thiazole rings is 1. The highest BCUT2D eigenvalue weighted by atomic mass is 79.9. The molecule has 4 nitrogen and oxygen atoms in total. The molecule has 1 aromatic heterocycles. The van der Waals surface area contributed by atoms with Gasteiger partial charge in [-0.3, -0.25) is 4.79 Å². The Hall–Kier alpha value is -1.24. The molecule has 20 heavy (non-hydrogen) atoms. The quantitative estimate of drug-likeness (QED) is 0.868. The molecule has 0 aliphatic heterocycles. The van der Waals surface area contributed by atoms with Gasteiger partial charge in [-0.25, -0.2) is 4.98 Å². The van der Waals surface area contributed by atoms with Crippen molar-refractivity contribution in [3.05, 3.63) is 50.4 Å². The van der Waals surface area contributed by atoms with Crippen LogP contribution in [0, 0.1) is 0 Å². The molecule has 1 aromatic carbocycles. The molecule has 0 aliphatic rings. The Bertz CT molecular complexity index is 582. The van der Waals surface area contributed by atoms with Gasteiger partial charge in [0.2, 0.25) is 0 Å². The van der Waals surface area contributed by atoms with Gasteiger partial charge in [0.05, 0.1) is 11.0 Å². The summed E-state index contributed by atoms with van der Waals surface area (Å²) in [6, 6.07) is 7.82. The van der Waals surface area contributed by atoms with Crippen LogP contribution in [0.25, 0.3) is 0 Å². The predicted octanol–water partition coefficient (Wildman–Crippen LogP) is 2.90. The van der Waals surface area contributed by atoms with Crippen molar-refractivity contribution in [1.29, 1.82) is 0 Å². The van der Waals surface area contributed by atoms with E-state index in [1.807, 2.05) is 31.2 Å². The Kier molecular flexibility index (Phi) is 5.28. The molecular weight excluding hydrogens is 338 g/mol. The second kappa shape index (κ2) is 6.97. The van der Waals surface area contributed by atoms with Crippen LogP contribution in [-0.4, -0.2) is 17.4 Å². The molecule has 2 aromatic rings. The van der Waals surface area contributed by atoms with E-state index < -0.39 is 0 Å². The number of nitrogens with one attached hydrogen (secondary N) is 1. The Morgan fingerprint density at radius 3 is 2.80 bits per heavy atom. The number of hydrogen-bond donors (Lipinski definition) is 2. The monoisotopic (exact) mass is 353 g/mol. The van der Waals surface area contributed by atoms with Gasteiger partial charge in [0, 0.05) is 16.3 Å². The fraction of sp³-hybridized carbons (Fsp3) is 0.286. The van der Waals surface area contributed by atoms with Gasteiger partial charge in [-0.15, -0.1) is 11.3 Å². The molecular formula is C14H16BrN3OS. The summed E-state index contributed by atoms with van der Waals surface area (Å²) in [7, 11) is 0. The zero-order chi connectivity index (χ0) is 14.5. The molecule has 0 spiro atoms. The fourth-order valence-corrected chi connectivity index (χ4v) is 2.82. The van der Waals surface area contributed by atoms with Gasteiger partial charge in [-0.1, -0.05) is 28.1 Å². The maximum Gasteiger partial charge on any atom is 0.271 e. The SMILES string of the molecule is C[C@@H](NC(=O)c1csc(CCN)n1)c1ccc(Br)cc1. The van der Waals surface area contributed by atoms with E-state index in [-0.39, 0.29) is 11.9 Å². The molecule has 2 rings (SSSR count). The van der Waals surface area contributed by atoms with Crippen LogP contribution in [0.1, 0.15) is 34.0 Å². The zero-order valence-corrected chi connectivity index (χ0v) is 13.5. The third kappa shape index (κ3) is 3.88. The molecule has 0 bridgehead atoms. The van der Waals surface area contributed by atoms with E-state index in [1.165, 1.54) is 11.3 Å². The van der Waals surface area contributed by atoms with Gasteiger partial charge in [-0.2, -0.15) is 0 Å². The zero-order valence-electron chi connectivity index (χ0n) is 11.1. The van der Waals surface area contributed by atoms with Crippen LogP contribution in [0.3, 0.4) is 0 Å². The highest BCUT2D eigenvalue weighted by molar-refractivity contribution is 9.10. The lowest BCUT2D eigenvalue weighted by molar-refractivity contribution is 0.0935. The number of halogens is 1. The highest BCUT2D eigenvalue weighted by Gasteiger charge is 2.14. The highest BCUT2D eigenvalue weighted by Crippen LogP contribution is 2.17. The molecule has 0 fully saturated rings. The average molecular weight is 354 g/mol. The second-order valence-electron chi connectivity index (χ2n) is 4.41. The van der Waals surface area contributed by atoms with Crippen LogP contribution in [0.2, 0.25) is 0 Å². The molecule has 106 valence electrons. The van der Waals surface area contributed by atoms with Crippen molar-refractivity contribution in [1.82, 2.24) is 10.3 Å².